The third kappa shape index (κ3) is 5.46. The molecule has 1 aromatic carbocycles. The lowest BCUT2D eigenvalue weighted by Crippen LogP contribution is -2.38. The van der Waals surface area contributed by atoms with Gasteiger partial charge >= 0.3 is 0 Å². The highest BCUT2D eigenvalue weighted by Gasteiger charge is 2.16. The Hall–Kier alpha value is -1.55. The fraction of sp³-hybridized carbons (Fsp3) is 0.667. The van der Waals surface area contributed by atoms with E-state index in [9.17, 15) is 4.79 Å². The number of hydrogen-bond acceptors (Lipinski definition) is 3. The van der Waals surface area contributed by atoms with E-state index in [4.69, 9.17) is 4.74 Å². The number of carbonyl (C=O) groups is 1. The molecule has 1 saturated heterocycles. The standard InChI is InChI=1S/C21H32N2O2/c1-17(21(24)22-12-7-15-23-13-5-2-6-14-23)25-20-11-10-18-8-3-4-9-19(18)16-20/h10-11,16-17H,2-9,12-15H2,1H3,(H,22,24). The highest BCUT2D eigenvalue weighted by molar-refractivity contribution is 5.80. The molecule has 4 nitrogen and oxygen atoms in total. The Bertz CT molecular complexity index is 567. The molecule has 1 aromatic rings. The molecule has 1 amide bonds. The highest BCUT2D eigenvalue weighted by Crippen LogP contribution is 2.25. The van der Waals surface area contributed by atoms with Crippen molar-refractivity contribution < 1.29 is 9.53 Å². The van der Waals surface area contributed by atoms with Crippen LogP contribution in [0.1, 0.15) is 56.6 Å². The van der Waals surface area contributed by atoms with E-state index in [0.29, 0.717) is 0 Å². The minimum Gasteiger partial charge on any atom is -0.481 e. The SMILES string of the molecule is CC(Oc1ccc2c(c1)CCCC2)C(=O)NCCCN1CCCCC1. The summed E-state index contributed by atoms with van der Waals surface area (Å²) in [5, 5.41) is 3.01. The summed E-state index contributed by atoms with van der Waals surface area (Å²) in [5.41, 5.74) is 2.83. The lowest BCUT2D eigenvalue weighted by molar-refractivity contribution is -0.127. The van der Waals surface area contributed by atoms with Crippen LogP contribution in [0.25, 0.3) is 0 Å². The molecule has 138 valence electrons. The molecule has 3 rings (SSSR count). The third-order valence-corrected chi connectivity index (χ3v) is 5.40. The molecule has 1 atom stereocenters. The Kier molecular flexibility index (Phi) is 6.74. The predicted octanol–water partition coefficient (Wildman–Crippen LogP) is 3.32. The van der Waals surface area contributed by atoms with E-state index < -0.39 is 6.10 Å². The molecular weight excluding hydrogens is 312 g/mol. The maximum atomic E-state index is 12.2. The quantitative estimate of drug-likeness (QED) is 0.772. The Balaban J connectivity index is 1.38. The third-order valence-electron chi connectivity index (χ3n) is 5.40. The summed E-state index contributed by atoms with van der Waals surface area (Å²) < 4.78 is 5.87. The van der Waals surface area contributed by atoms with Gasteiger partial charge < -0.3 is 15.0 Å². The summed E-state index contributed by atoms with van der Waals surface area (Å²) in [6.45, 7) is 6.07. The molecule has 1 aliphatic carbocycles. The number of benzene rings is 1. The Morgan fingerprint density at radius 2 is 1.88 bits per heavy atom. The largest absolute Gasteiger partial charge is 0.481 e. The molecule has 4 heteroatoms. The molecule has 25 heavy (non-hydrogen) atoms. The van der Waals surface area contributed by atoms with Crippen LogP contribution in [0.4, 0.5) is 0 Å². The molecule has 1 unspecified atom stereocenters. The highest BCUT2D eigenvalue weighted by atomic mass is 16.5. The normalized spacial score (nSPS) is 19.1. The number of nitrogens with one attached hydrogen (secondary N) is 1. The van der Waals surface area contributed by atoms with Crippen molar-refractivity contribution in [2.24, 2.45) is 0 Å². The number of hydrogen-bond donors (Lipinski definition) is 1. The van der Waals surface area contributed by atoms with Gasteiger partial charge in [-0.15, -0.1) is 0 Å². The van der Waals surface area contributed by atoms with E-state index in [0.717, 1.165) is 31.7 Å². The van der Waals surface area contributed by atoms with Crippen molar-refractivity contribution in [3.8, 4) is 5.75 Å². The summed E-state index contributed by atoms with van der Waals surface area (Å²) >= 11 is 0. The second-order valence-corrected chi connectivity index (χ2v) is 7.44. The lowest BCUT2D eigenvalue weighted by atomic mass is 9.92. The van der Waals surface area contributed by atoms with Crippen LogP contribution in [0.3, 0.4) is 0 Å². The fourth-order valence-electron chi connectivity index (χ4n) is 3.88. The molecule has 1 N–H and O–H groups in total. The number of piperidine rings is 1. The molecular formula is C21H32N2O2. The zero-order chi connectivity index (χ0) is 17.5. The number of rotatable bonds is 7. The average Bonchev–Trinajstić information content (AvgIpc) is 2.65. The van der Waals surface area contributed by atoms with Gasteiger partial charge in [0.15, 0.2) is 6.10 Å². The van der Waals surface area contributed by atoms with Crippen LogP contribution in [0.2, 0.25) is 0 Å². The first-order valence-corrected chi connectivity index (χ1v) is 10.0. The first-order valence-electron chi connectivity index (χ1n) is 10.0. The van der Waals surface area contributed by atoms with Crippen molar-refractivity contribution in [1.82, 2.24) is 10.2 Å². The number of ether oxygens (including phenoxy) is 1. The van der Waals surface area contributed by atoms with Gasteiger partial charge in [-0.2, -0.15) is 0 Å². The van der Waals surface area contributed by atoms with E-state index in [1.165, 1.54) is 62.7 Å². The van der Waals surface area contributed by atoms with Crippen molar-refractivity contribution in [1.29, 1.82) is 0 Å². The smallest absolute Gasteiger partial charge is 0.260 e. The van der Waals surface area contributed by atoms with Crippen LogP contribution < -0.4 is 10.1 Å². The van der Waals surface area contributed by atoms with Crippen molar-refractivity contribution in [2.45, 2.75) is 64.4 Å². The summed E-state index contributed by atoms with van der Waals surface area (Å²) in [7, 11) is 0. The molecule has 0 spiro atoms. The van der Waals surface area contributed by atoms with Crippen LogP contribution in [0, 0.1) is 0 Å². The maximum Gasteiger partial charge on any atom is 0.260 e. The van der Waals surface area contributed by atoms with Crippen LogP contribution >= 0.6 is 0 Å². The zero-order valence-corrected chi connectivity index (χ0v) is 15.6. The first-order chi connectivity index (χ1) is 12.2. The Labute approximate surface area is 151 Å². The Morgan fingerprint density at radius 1 is 1.12 bits per heavy atom. The van der Waals surface area contributed by atoms with Gasteiger partial charge in [0.1, 0.15) is 5.75 Å². The van der Waals surface area contributed by atoms with E-state index in [1.54, 1.807) is 0 Å². The number of nitrogens with zero attached hydrogens (tertiary/aromatic N) is 1. The van der Waals surface area contributed by atoms with Gasteiger partial charge in [0.2, 0.25) is 0 Å². The topological polar surface area (TPSA) is 41.6 Å². The fourth-order valence-corrected chi connectivity index (χ4v) is 3.88. The van der Waals surface area contributed by atoms with Gasteiger partial charge in [0.05, 0.1) is 0 Å². The molecule has 0 aromatic heterocycles. The molecule has 0 radical (unpaired) electrons. The lowest BCUT2D eigenvalue weighted by Gasteiger charge is -2.26. The van der Waals surface area contributed by atoms with Crippen molar-refractivity contribution >= 4 is 5.91 Å². The van der Waals surface area contributed by atoms with Gasteiger partial charge in [0, 0.05) is 6.54 Å². The molecule has 1 heterocycles. The molecule has 0 bridgehead atoms. The van der Waals surface area contributed by atoms with Crippen LogP contribution in [0.5, 0.6) is 5.75 Å². The number of fused-ring (bicyclic) bond motifs is 1. The summed E-state index contributed by atoms with van der Waals surface area (Å²) in [4.78, 5) is 14.7. The molecule has 1 aliphatic heterocycles. The van der Waals surface area contributed by atoms with Gasteiger partial charge in [-0.05, 0) is 94.8 Å². The van der Waals surface area contributed by atoms with E-state index in [-0.39, 0.29) is 5.91 Å². The zero-order valence-electron chi connectivity index (χ0n) is 15.6. The minimum atomic E-state index is -0.448. The number of amides is 1. The van der Waals surface area contributed by atoms with Gasteiger partial charge in [0.25, 0.3) is 5.91 Å². The molecule has 2 aliphatic rings. The van der Waals surface area contributed by atoms with Crippen molar-refractivity contribution in [3.05, 3.63) is 29.3 Å². The minimum absolute atomic E-state index is 0.0173. The second-order valence-electron chi connectivity index (χ2n) is 7.44. The van der Waals surface area contributed by atoms with E-state index in [2.05, 4.69) is 22.3 Å². The summed E-state index contributed by atoms with van der Waals surface area (Å²) in [6, 6.07) is 6.28. The molecule has 1 fully saturated rings. The van der Waals surface area contributed by atoms with Gasteiger partial charge in [-0.25, -0.2) is 0 Å². The van der Waals surface area contributed by atoms with Crippen molar-refractivity contribution in [3.63, 3.8) is 0 Å². The number of likely N-dealkylation sites (tertiary alicyclic amines) is 1. The summed E-state index contributed by atoms with van der Waals surface area (Å²) in [5.74, 6) is 0.799. The van der Waals surface area contributed by atoms with Crippen LogP contribution in [0.15, 0.2) is 18.2 Å². The second kappa shape index (κ2) is 9.23. The Morgan fingerprint density at radius 3 is 2.68 bits per heavy atom. The number of aryl methyl sites for hydroxylation is 2. The predicted molar refractivity (Wildman–Crippen MR) is 101 cm³/mol. The van der Waals surface area contributed by atoms with Crippen molar-refractivity contribution in [2.75, 3.05) is 26.2 Å². The van der Waals surface area contributed by atoms with Gasteiger partial charge in [-0.3, -0.25) is 4.79 Å². The van der Waals surface area contributed by atoms with Crippen LogP contribution in [-0.2, 0) is 17.6 Å². The number of carbonyl (C=O) groups excluding carboxylic acids is 1. The maximum absolute atomic E-state index is 12.2. The monoisotopic (exact) mass is 344 g/mol. The average molecular weight is 344 g/mol. The molecule has 0 saturated carbocycles. The van der Waals surface area contributed by atoms with Gasteiger partial charge in [-0.1, -0.05) is 12.5 Å². The summed E-state index contributed by atoms with van der Waals surface area (Å²) in [6.07, 6.45) is 9.40. The first kappa shape index (κ1) is 18.2. The van der Waals surface area contributed by atoms with E-state index >= 15 is 0 Å². The van der Waals surface area contributed by atoms with Crippen LogP contribution in [-0.4, -0.2) is 43.1 Å². The van der Waals surface area contributed by atoms with E-state index in [1.807, 2.05) is 13.0 Å².